The summed E-state index contributed by atoms with van der Waals surface area (Å²) in [6.07, 6.45) is 0.102. The van der Waals surface area contributed by atoms with Crippen LogP contribution in [-0.4, -0.2) is 30.7 Å². The first-order chi connectivity index (χ1) is 13.5. The van der Waals surface area contributed by atoms with Gasteiger partial charge in [-0.15, -0.1) is 0 Å². The number of amides is 1. The number of carbonyl (C=O) groups excluding carboxylic acids is 2. The number of hydrogen-bond donors (Lipinski definition) is 1. The molecule has 28 heavy (non-hydrogen) atoms. The second-order valence-electron chi connectivity index (χ2n) is 6.37. The van der Waals surface area contributed by atoms with Gasteiger partial charge in [0.1, 0.15) is 18.1 Å². The van der Waals surface area contributed by atoms with Crippen molar-refractivity contribution in [2.24, 2.45) is 0 Å². The van der Waals surface area contributed by atoms with Crippen molar-refractivity contribution >= 4 is 22.6 Å². The van der Waals surface area contributed by atoms with Crippen LogP contribution in [0.5, 0.6) is 5.75 Å². The Bertz CT molecular complexity index is 990. The lowest BCUT2D eigenvalue weighted by molar-refractivity contribution is -0.140. The molecule has 0 atom stereocenters. The number of rotatable bonds is 7. The van der Waals surface area contributed by atoms with Gasteiger partial charge in [-0.05, 0) is 36.8 Å². The number of esters is 1. The highest BCUT2D eigenvalue weighted by atomic mass is 16.5. The van der Waals surface area contributed by atoms with Crippen LogP contribution in [0.25, 0.3) is 10.8 Å². The summed E-state index contributed by atoms with van der Waals surface area (Å²) in [6.45, 7) is 4.08. The van der Waals surface area contributed by atoms with E-state index in [-0.39, 0.29) is 31.4 Å². The highest BCUT2D eigenvalue weighted by Gasteiger charge is 2.17. The van der Waals surface area contributed by atoms with Crippen molar-refractivity contribution in [3.8, 4) is 5.75 Å². The summed E-state index contributed by atoms with van der Waals surface area (Å²) in [7, 11) is 1.31. The fourth-order valence-corrected chi connectivity index (χ4v) is 2.85. The van der Waals surface area contributed by atoms with Gasteiger partial charge in [0.15, 0.2) is 0 Å². The summed E-state index contributed by atoms with van der Waals surface area (Å²) < 4.78 is 15.7. The van der Waals surface area contributed by atoms with E-state index in [1.54, 1.807) is 6.07 Å². The number of fused-ring (bicyclic) bond motifs is 1. The summed E-state index contributed by atoms with van der Waals surface area (Å²) in [5.74, 6) is 0.439. The van der Waals surface area contributed by atoms with Gasteiger partial charge in [0, 0.05) is 6.54 Å². The lowest BCUT2D eigenvalue weighted by atomic mass is 10.1. The molecule has 0 fully saturated rings. The minimum Gasteiger partial charge on any atom is -0.488 e. The molecule has 2 aromatic carbocycles. The van der Waals surface area contributed by atoms with E-state index >= 15 is 0 Å². The van der Waals surface area contributed by atoms with Crippen LogP contribution in [0.2, 0.25) is 0 Å². The molecule has 0 saturated carbocycles. The zero-order valence-electron chi connectivity index (χ0n) is 16.1. The molecule has 0 aliphatic carbocycles. The van der Waals surface area contributed by atoms with Crippen molar-refractivity contribution in [1.29, 1.82) is 0 Å². The maximum atomic E-state index is 12.7. The van der Waals surface area contributed by atoms with Crippen molar-refractivity contribution in [3.05, 3.63) is 59.0 Å². The number of aryl methyl sites for hydroxylation is 2. The number of benzene rings is 2. The van der Waals surface area contributed by atoms with Crippen molar-refractivity contribution in [2.45, 2.75) is 26.9 Å². The van der Waals surface area contributed by atoms with Gasteiger partial charge in [-0.1, -0.05) is 29.4 Å². The van der Waals surface area contributed by atoms with Crippen LogP contribution < -0.4 is 10.1 Å². The van der Waals surface area contributed by atoms with Gasteiger partial charge >= 0.3 is 5.97 Å². The zero-order chi connectivity index (χ0) is 20.1. The van der Waals surface area contributed by atoms with E-state index in [9.17, 15) is 9.59 Å². The number of nitrogens with one attached hydrogen (secondary N) is 1. The summed E-state index contributed by atoms with van der Waals surface area (Å²) in [4.78, 5) is 24.0. The molecule has 0 bridgehead atoms. The number of carbonyl (C=O) groups is 2. The molecule has 0 spiro atoms. The Morgan fingerprint density at radius 1 is 1.14 bits per heavy atom. The van der Waals surface area contributed by atoms with Crippen molar-refractivity contribution in [3.63, 3.8) is 0 Å². The van der Waals surface area contributed by atoms with E-state index in [0.29, 0.717) is 17.1 Å². The van der Waals surface area contributed by atoms with Gasteiger partial charge in [0.05, 0.1) is 30.4 Å². The lowest BCUT2D eigenvalue weighted by Gasteiger charge is -2.13. The van der Waals surface area contributed by atoms with Crippen LogP contribution in [0, 0.1) is 13.8 Å². The molecule has 0 unspecified atom stereocenters. The molecule has 7 heteroatoms. The van der Waals surface area contributed by atoms with Gasteiger partial charge in [-0.3, -0.25) is 9.59 Å². The lowest BCUT2D eigenvalue weighted by Crippen LogP contribution is -2.26. The Labute approximate surface area is 162 Å². The topological polar surface area (TPSA) is 90.7 Å². The molecule has 1 aromatic heterocycles. The molecular formula is C21H22N2O5. The van der Waals surface area contributed by atoms with E-state index in [1.165, 1.54) is 7.11 Å². The van der Waals surface area contributed by atoms with Crippen molar-refractivity contribution in [1.82, 2.24) is 10.5 Å². The van der Waals surface area contributed by atoms with Gasteiger partial charge in [0.25, 0.3) is 5.91 Å². The van der Waals surface area contributed by atoms with Gasteiger partial charge in [0.2, 0.25) is 0 Å². The number of nitrogens with zero attached hydrogens (tertiary/aromatic N) is 1. The fraction of sp³-hybridized carbons (Fsp3) is 0.286. The predicted molar refractivity (Wildman–Crippen MR) is 103 cm³/mol. The number of aromatic nitrogens is 1. The summed E-state index contributed by atoms with van der Waals surface area (Å²) in [6, 6.07) is 11.3. The molecule has 1 heterocycles. The Hall–Kier alpha value is -3.35. The molecule has 0 saturated heterocycles. The van der Waals surface area contributed by atoms with Crippen molar-refractivity contribution < 1.29 is 23.6 Å². The summed E-state index contributed by atoms with van der Waals surface area (Å²) in [5, 5.41) is 8.54. The number of hydrogen-bond acceptors (Lipinski definition) is 6. The summed E-state index contributed by atoms with van der Waals surface area (Å²) in [5.41, 5.74) is 2.00. The van der Waals surface area contributed by atoms with E-state index in [2.05, 4.69) is 15.2 Å². The molecule has 1 N–H and O–H groups in total. The molecule has 0 aliphatic rings. The van der Waals surface area contributed by atoms with Crippen LogP contribution in [0.3, 0.4) is 0 Å². The molecule has 1 amide bonds. The Morgan fingerprint density at radius 3 is 2.50 bits per heavy atom. The standard InChI is InChI=1S/C21H22N2O5/c1-13-18(14(2)28-23-13)12-27-19-11-16-7-5-4-6-15(16)10-17(19)21(25)22-9-8-20(24)26-3/h4-7,10-11H,8-9,12H2,1-3H3,(H,22,25). The Balaban J connectivity index is 1.85. The third kappa shape index (κ3) is 4.31. The molecule has 3 aromatic rings. The Kier molecular flexibility index (Phi) is 5.93. The van der Waals surface area contributed by atoms with Crippen LogP contribution in [0.4, 0.5) is 0 Å². The quantitative estimate of drug-likeness (QED) is 0.631. The SMILES string of the molecule is COC(=O)CCNC(=O)c1cc2ccccc2cc1OCc1c(C)noc1C. The van der Waals surface area contributed by atoms with Crippen LogP contribution in [0.1, 0.15) is 33.8 Å². The van der Waals surface area contributed by atoms with Gasteiger partial charge in [-0.25, -0.2) is 0 Å². The molecule has 0 radical (unpaired) electrons. The maximum absolute atomic E-state index is 12.7. The third-order valence-electron chi connectivity index (χ3n) is 4.49. The van der Waals surface area contributed by atoms with E-state index in [4.69, 9.17) is 9.26 Å². The van der Waals surface area contributed by atoms with Crippen LogP contribution in [-0.2, 0) is 16.1 Å². The second kappa shape index (κ2) is 8.56. The van der Waals surface area contributed by atoms with E-state index in [1.807, 2.05) is 44.2 Å². The smallest absolute Gasteiger partial charge is 0.307 e. The predicted octanol–water partition coefficient (Wildman–Crippen LogP) is 3.32. The number of ether oxygens (including phenoxy) is 2. The first-order valence-electron chi connectivity index (χ1n) is 8.92. The first kappa shape index (κ1) is 19.4. The van der Waals surface area contributed by atoms with E-state index < -0.39 is 0 Å². The normalized spacial score (nSPS) is 10.7. The number of methoxy groups -OCH3 is 1. The summed E-state index contributed by atoms with van der Waals surface area (Å²) >= 11 is 0. The van der Waals surface area contributed by atoms with Gasteiger partial charge < -0.3 is 19.3 Å². The second-order valence-corrected chi connectivity index (χ2v) is 6.37. The third-order valence-corrected chi connectivity index (χ3v) is 4.49. The average Bonchev–Trinajstić information content (AvgIpc) is 3.02. The minimum atomic E-state index is -0.381. The first-order valence-corrected chi connectivity index (χ1v) is 8.92. The molecule has 7 nitrogen and oxygen atoms in total. The largest absolute Gasteiger partial charge is 0.488 e. The van der Waals surface area contributed by atoms with Crippen molar-refractivity contribution in [2.75, 3.05) is 13.7 Å². The monoisotopic (exact) mass is 382 g/mol. The molecule has 0 aliphatic heterocycles. The average molecular weight is 382 g/mol. The molecule has 3 rings (SSSR count). The van der Waals surface area contributed by atoms with Gasteiger partial charge in [-0.2, -0.15) is 0 Å². The van der Waals surface area contributed by atoms with Crippen LogP contribution in [0.15, 0.2) is 40.9 Å². The molecular weight excluding hydrogens is 360 g/mol. The zero-order valence-corrected chi connectivity index (χ0v) is 16.1. The van der Waals surface area contributed by atoms with Crippen LogP contribution >= 0.6 is 0 Å². The highest BCUT2D eigenvalue weighted by molar-refractivity contribution is 6.01. The minimum absolute atomic E-state index is 0.102. The maximum Gasteiger partial charge on any atom is 0.307 e. The van der Waals surface area contributed by atoms with E-state index in [0.717, 1.165) is 22.0 Å². The fourth-order valence-electron chi connectivity index (χ4n) is 2.85. The highest BCUT2D eigenvalue weighted by Crippen LogP contribution is 2.27. The Morgan fingerprint density at radius 2 is 1.86 bits per heavy atom. The molecule has 146 valence electrons.